The van der Waals surface area contributed by atoms with Crippen LogP contribution in [0, 0.1) is 0 Å². The summed E-state index contributed by atoms with van der Waals surface area (Å²) in [5.41, 5.74) is 0. The summed E-state index contributed by atoms with van der Waals surface area (Å²) in [6, 6.07) is 0. The van der Waals surface area contributed by atoms with Gasteiger partial charge >= 0.3 is 0 Å². The van der Waals surface area contributed by atoms with Crippen molar-refractivity contribution in [3.63, 3.8) is 0 Å². The van der Waals surface area contributed by atoms with Crippen LogP contribution in [0.1, 0.15) is 38.5 Å². The summed E-state index contributed by atoms with van der Waals surface area (Å²) in [5, 5.41) is 0. The van der Waals surface area contributed by atoms with Crippen LogP contribution in [0.25, 0.3) is 0 Å². The predicted molar refractivity (Wildman–Crippen MR) is 83.5 cm³/mol. The molecule has 0 atom stereocenters. The van der Waals surface area contributed by atoms with E-state index in [0.717, 1.165) is 34.9 Å². The molecule has 0 spiro atoms. The zero-order valence-corrected chi connectivity index (χ0v) is 19.4. The van der Waals surface area contributed by atoms with Crippen molar-refractivity contribution in [2.24, 2.45) is 0 Å². The van der Waals surface area contributed by atoms with Gasteiger partial charge in [0.15, 0.2) is 0 Å². The Hall–Kier alpha value is 0.720. The molecule has 6 heteroatoms. The van der Waals surface area contributed by atoms with E-state index in [1.54, 1.807) is 0 Å². The van der Waals surface area contributed by atoms with E-state index in [-0.39, 0.29) is 59.5 Å². The fraction of sp³-hybridized carbons (Fsp3) is 0.875. The number of carbonyl (C=O) groups excluding carboxylic acids is 2. The van der Waals surface area contributed by atoms with Crippen LogP contribution in [0.15, 0.2) is 0 Å². The molecular formula is C16H34I2N2O2. The molecule has 0 saturated carbocycles. The molecule has 0 aliphatic heterocycles. The van der Waals surface area contributed by atoms with Gasteiger partial charge in [0.2, 0.25) is 0 Å². The smallest absolute Gasteiger partial charge is 0.133 e. The van der Waals surface area contributed by atoms with Crippen molar-refractivity contribution < 1.29 is 66.5 Å². The molecule has 0 rings (SSSR count). The highest BCUT2D eigenvalue weighted by Crippen LogP contribution is 2.06. The number of hydrogen-bond donors (Lipinski definition) is 0. The summed E-state index contributed by atoms with van der Waals surface area (Å²) < 4.78 is 1.77. The number of nitrogens with zero attached hydrogens (tertiary/aromatic N) is 2. The molecule has 22 heavy (non-hydrogen) atoms. The van der Waals surface area contributed by atoms with E-state index in [1.165, 1.54) is 0 Å². The zero-order chi connectivity index (χ0) is 15.8. The lowest BCUT2D eigenvalue weighted by atomic mass is 10.1. The summed E-state index contributed by atoms with van der Waals surface area (Å²) in [4.78, 5) is 23.4. The maximum absolute atomic E-state index is 11.7. The Labute approximate surface area is 171 Å². The zero-order valence-electron chi connectivity index (χ0n) is 15.1. The summed E-state index contributed by atoms with van der Waals surface area (Å²) in [7, 11) is 12.8. The summed E-state index contributed by atoms with van der Waals surface area (Å²) in [6.45, 7) is 2.01. The first-order valence-corrected chi connectivity index (χ1v) is 7.64. The van der Waals surface area contributed by atoms with Crippen LogP contribution in [0.3, 0.4) is 0 Å². The number of quaternary nitrogens is 2. The third-order valence-electron chi connectivity index (χ3n) is 3.25. The second-order valence-electron chi connectivity index (χ2n) is 7.81. The molecule has 0 saturated heterocycles. The fourth-order valence-electron chi connectivity index (χ4n) is 2.03. The van der Waals surface area contributed by atoms with Crippen molar-refractivity contribution in [1.82, 2.24) is 0 Å². The molecular weight excluding hydrogens is 506 g/mol. The van der Waals surface area contributed by atoms with Gasteiger partial charge in [0.1, 0.15) is 11.6 Å². The summed E-state index contributed by atoms with van der Waals surface area (Å²) >= 11 is 0. The Morgan fingerprint density at radius 1 is 0.591 bits per heavy atom. The van der Waals surface area contributed by atoms with Crippen LogP contribution in [0.4, 0.5) is 0 Å². The van der Waals surface area contributed by atoms with Crippen molar-refractivity contribution in [3.05, 3.63) is 0 Å². The van der Waals surface area contributed by atoms with Crippen LogP contribution < -0.4 is 48.0 Å². The SMILES string of the molecule is C[N+](C)(C)CCCC(=O)CCC(=O)CCC[N+](C)(C)C.[I-].[I-]. The average molecular weight is 540 g/mol. The Balaban J connectivity index is -0.00000180. The first-order chi connectivity index (χ1) is 8.99. The van der Waals surface area contributed by atoms with E-state index in [2.05, 4.69) is 42.3 Å². The Bertz CT molecular complexity index is 289. The van der Waals surface area contributed by atoms with Gasteiger partial charge in [-0.15, -0.1) is 0 Å². The van der Waals surface area contributed by atoms with Gasteiger partial charge in [-0.25, -0.2) is 0 Å². The molecule has 0 fully saturated rings. The average Bonchev–Trinajstić information content (AvgIpc) is 2.22. The molecule has 0 heterocycles. The third kappa shape index (κ3) is 20.7. The highest BCUT2D eigenvalue weighted by Gasteiger charge is 2.12. The molecule has 0 aromatic carbocycles. The highest BCUT2D eigenvalue weighted by molar-refractivity contribution is 5.85. The summed E-state index contributed by atoms with van der Waals surface area (Å²) in [6.07, 6.45) is 3.92. The van der Waals surface area contributed by atoms with E-state index in [4.69, 9.17) is 0 Å². The number of hydrogen-bond acceptors (Lipinski definition) is 2. The maximum atomic E-state index is 11.7. The Kier molecular flexibility index (Phi) is 16.4. The number of carbonyl (C=O) groups is 2. The topological polar surface area (TPSA) is 34.1 Å². The molecule has 4 nitrogen and oxygen atoms in total. The standard InChI is InChI=1S/C16H34N2O2.2HI/c1-17(2,3)13-7-9-15(19)11-12-16(20)10-8-14-18(4,5)6;;/h7-14H2,1-6H3;2*1H/q+2;;/p-2. The highest BCUT2D eigenvalue weighted by atomic mass is 127. The third-order valence-corrected chi connectivity index (χ3v) is 3.25. The lowest BCUT2D eigenvalue weighted by Crippen LogP contribution is -3.00. The number of rotatable bonds is 11. The van der Waals surface area contributed by atoms with Crippen molar-refractivity contribution >= 4 is 11.6 Å². The molecule has 0 aliphatic rings. The van der Waals surface area contributed by atoms with Crippen molar-refractivity contribution in [3.8, 4) is 0 Å². The normalized spacial score (nSPS) is 11.4. The first kappa shape index (κ1) is 27.6. The molecule has 0 aromatic heterocycles. The lowest BCUT2D eigenvalue weighted by molar-refractivity contribution is -0.870. The maximum Gasteiger partial charge on any atom is 0.133 e. The predicted octanol–water partition coefficient (Wildman–Crippen LogP) is -4.11. The monoisotopic (exact) mass is 540 g/mol. The van der Waals surface area contributed by atoms with E-state index in [9.17, 15) is 9.59 Å². The number of ketones is 2. The Morgan fingerprint density at radius 3 is 1.09 bits per heavy atom. The van der Waals surface area contributed by atoms with E-state index >= 15 is 0 Å². The molecule has 0 unspecified atom stereocenters. The molecule has 0 bridgehead atoms. The van der Waals surface area contributed by atoms with Gasteiger partial charge < -0.3 is 56.9 Å². The molecule has 0 radical (unpaired) electrons. The first-order valence-electron chi connectivity index (χ1n) is 7.64. The van der Waals surface area contributed by atoms with Gasteiger partial charge in [-0.05, 0) is 0 Å². The van der Waals surface area contributed by atoms with Gasteiger partial charge in [0.05, 0.1) is 55.4 Å². The van der Waals surface area contributed by atoms with Crippen molar-refractivity contribution in [1.29, 1.82) is 0 Å². The van der Waals surface area contributed by atoms with Gasteiger partial charge in [0, 0.05) is 38.5 Å². The fourth-order valence-corrected chi connectivity index (χ4v) is 2.03. The minimum absolute atomic E-state index is 0. The van der Waals surface area contributed by atoms with E-state index in [1.807, 2.05) is 0 Å². The summed E-state index contributed by atoms with van der Waals surface area (Å²) in [5.74, 6) is 0.469. The largest absolute Gasteiger partial charge is 1.00 e. The van der Waals surface area contributed by atoms with Gasteiger partial charge in [-0.1, -0.05) is 0 Å². The molecule has 0 amide bonds. The van der Waals surface area contributed by atoms with Crippen LogP contribution in [-0.4, -0.2) is 75.9 Å². The van der Waals surface area contributed by atoms with E-state index < -0.39 is 0 Å². The van der Waals surface area contributed by atoms with Gasteiger partial charge in [0.25, 0.3) is 0 Å². The molecule has 0 aromatic rings. The van der Waals surface area contributed by atoms with Crippen LogP contribution in [0.2, 0.25) is 0 Å². The quantitative estimate of drug-likeness (QED) is 0.198. The second kappa shape index (κ2) is 13.1. The van der Waals surface area contributed by atoms with Crippen LogP contribution in [-0.2, 0) is 9.59 Å². The van der Waals surface area contributed by atoms with Crippen molar-refractivity contribution in [2.45, 2.75) is 38.5 Å². The molecule has 0 aliphatic carbocycles. The van der Waals surface area contributed by atoms with Crippen molar-refractivity contribution in [2.75, 3.05) is 55.4 Å². The van der Waals surface area contributed by atoms with Crippen LogP contribution >= 0.6 is 0 Å². The van der Waals surface area contributed by atoms with Crippen LogP contribution in [0.5, 0.6) is 0 Å². The Morgan fingerprint density at radius 2 is 0.864 bits per heavy atom. The lowest BCUT2D eigenvalue weighted by Gasteiger charge is -2.23. The molecule has 0 N–H and O–H groups in total. The van der Waals surface area contributed by atoms with E-state index in [0.29, 0.717) is 25.7 Å². The minimum atomic E-state index is 0. The number of halogens is 2. The second-order valence-corrected chi connectivity index (χ2v) is 7.81. The molecule has 134 valence electrons. The van der Waals surface area contributed by atoms with Gasteiger partial charge in [-0.3, -0.25) is 9.59 Å². The number of Topliss-reactive ketones (excluding diaryl/α,β-unsaturated/α-hetero) is 2. The minimum Gasteiger partial charge on any atom is -1.00 e. The van der Waals surface area contributed by atoms with Gasteiger partial charge in [-0.2, -0.15) is 0 Å².